The number of fused-ring (bicyclic) bond motifs is 1. The number of rotatable bonds is 2. The van der Waals surface area contributed by atoms with Gasteiger partial charge in [0.05, 0.1) is 35.1 Å². The summed E-state index contributed by atoms with van der Waals surface area (Å²) in [6, 6.07) is 13.7. The average Bonchev–Trinajstić information content (AvgIpc) is 2.72. The number of nitriles is 1. The summed E-state index contributed by atoms with van der Waals surface area (Å²) in [6.45, 7) is 0. The zero-order chi connectivity index (χ0) is 16.4. The number of benzene rings is 2. The molecule has 6 nitrogen and oxygen atoms in total. The number of nitrogens with zero attached hydrogens (tertiary/aromatic N) is 2. The Kier molecular flexibility index (Phi) is 3.61. The van der Waals surface area contributed by atoms with Gasteiger partial charge in [0.2, 0.25) is 11.8 Å². The summed E-state index contributed by atoms with van der Waals surface area (Å²) in [5.41, 5.74) is 8.31. The Morgan fingerprint density at radius 3 is 2.83 bits per heavy atom. The van der Waals surface area contributed by atoms with Gasteiger partial charge >= 0.3 is 0 Å². The number of carbonyl (C=O) groups excluding carboxylic acids is 2. The Bertz CT molecular complexity index is 894. The maximum absolute atomic E-state index is 12.1. The Morgan fingerprint density at radius 2 is 2.09 bits per heavy atom. The molecule has 0 aromatic heterocycles. The summed E-state index contributed by atoms with van der Waals surface area (Å²) in [7, 11) is 0. The van der Waals surface area contributed by atoms with Gasteiger partial charge in [0.1, 0.15) is 0 Å². The standard InChI is InChI=1S/C17H12N4O2/c18-9-10-2-1-3-11(6-10)14-8-16(22)21-15-7-12(17(19)23)4-5-13(15)20-14/h1-7H,8H2,(H2,19,23)(H,21,22). The number of primary amides is 1. The molecule has 0 aliphatic carbocycles. The molecule has 0 saturated heterocycles. The second-order valence-corrected chi connectivity index (χ2v) is 5.07. The van der Waals surface area contributed by atoms with E-state index in [9.17, 15) is 9.59 Å². The maximum Gasteiger partial charge on any atom is 0.248 e. The second kappa shape index (κ2) is 5.73. The highest BCUT2D eigenvalue weighted by atomic mass is 16.2. The monoisotopic (exact) mass is 304 g/mol. The molecule has 0 saturated carbocycles. The molecule has 0 radical (unpaired) electrons. The Morgan fingerprint density at radius 1 is 1.26 bits per heavy atom. The van der Waals surface area contributed by atoms with E-state index in [-0.39, 0.29) is 12.3 Å². The molecule has 0 atom stereocenters. The Hall–Kier alpha value is -3.46. The van der Waals surface area contributed by atoms with Crippen LogP contribution < -0.4 is 11.1 Å². The van der Waals surface area contributed by atoms with E-state index in [0.29, 0.717) is 33.8 Å². The largest absolute Gasteiger partial charge is 0.366 e. The van der Waals surface area contributed by atoms with Gasteiger partial charge in [-0.25, -0.2) is 0 Å². The number of aliphatic imine (C=N–C) groups is 1. The van der Waals surface area contributed by atoms with Gasteiger partial charge in [0.25, 0.3) is 0 Å². The van der Waals surface area contributed by atoms with E-state index in [2.05, 4.69) is 16.4 Å². The first-order valence-corrected chi connectivity index (χ1v) is 6.88. The van der Waals surface area contributed by atoms with Crippen molar-refractivity contribution in [3.8, 4) is 6.07 Å². The van der Waals surface area contributed by atoms with E-state index in [1.165, 1.54) is 6.07 Å². The van der Waals surface area contributed by atoms with E-state index in [1.54, 1.807) is 36.4 Å². The molecule has 2 aromatic carbocycles. The van der Waals surface area contributed by atoms with Crippen molar-refractivity contribution < 1.29 is 9.59 Å². The van der Waals surface area contributed by atoms with Crippen LogP contribution in [-0.2, 0) is 4.79 Å². The van der Waals surface area contributed by atoms with Crippen molar-refractivity contribution >= 4 is 28.9 Å². The predicted molar refractivity (Wildman–Crippen MR) is 85.6 cm³/mol. The van der Waals surface area contributed by atoms with Crippen LogP contribution in [-0.4, -0.2) is 17.5 Å². The normalized spacial score (nSPS) is 13.2. The van der Waals surface area contributed by atoms with E-state index >= 15 is 0 Å². The van der Waals surface area contributed by atoms with Crippen molar-refractivity contribution in [2.24, 2.45) is 10.7 Å². The first kappa shape index (κ1) is 14.5. The van der Waals surface area contributed by atoms with Crippen LogP contribution in [0.5, 0.6) is 0 Å². The molecule has 2 amide bonds. The molecule has 0 unspecified atom stereocenters. The molecular weight excluding hydrogens is 292 g/mol. The van der Waals surface area contributed by atoms with Crippen LogP contribution in [0.1, 0.15) is 27.9 Å². The molecule has 3 N–H and O–H groups in total. The van der Waals surface area contributed by atoms with Crippen LogP contribution in [0.4, 0.5) is 11.4 Å². The molecule has 3 rings (SSSR count). The minimum atomic E-state index is -0.572. The molecule has 1 aliphatic rings. The fourth-order valence-corrected chi connectivity index (χ4v) is 2.35. The lowest BCUT2D eigenvalue weighted by Crippen LogP contribution is -2.16. The molecule has 0 spiro atoms. The SMILES string of the molecule is N#Cc1cccc(C2=Nc3ccc(C(N)=O)cc3NC(=O)C2)c1. The number of anilines is 1. The van der Waals surface area contributed by atoms with Crippen LogP contribution in [0.25, 0.3) is 0 Å². The number of hydrogen-bond acceptors (Lipinski definition) is 4. The third-order valence-electron chi connectivity index (χ3n) is 3.46. The number of hydrogen-bond donors (Lipinski definition) is 2. The van der Waals surface area contributed by atoms with Gasteiger partial charge in [-0.15, -0.1) is 0 Å². The summed E-state index contributed by atoms with van der Waals surface area (Å²) < 4.78 is 0. The molecule has 6 heteroatoms. The topological polar surface area (TPSA) is 108 Å². The summed E-state index contributed by atoms with van der Waals surface area (Å²) in [5, 5.41) is 11.7. The van der Waals surface area contributed by atoms with E-state index in [0.717, 1.165) is 0 Å². The number of nitrogens with one attached hydrogen (secondary N) is 1. The summed E-state index contributed by atoms with van der Waals surface area (Å²) in [5.74, 6) is -0.816. The van der Waals surface area contributed by atoms with E-state index < -0.39 is 5.91 Å². The zero-order valence-corrected chi connectivity index (χ0v) is 12.0. The zero-order valence-electron chi connectivity index (χ0n) is 12.0. The predicted octanol–water partition coefficient (Wildman–Crippen LogP) is 2.12. The van der Waals surface area contributed by atoms with E-state index in [4.69, 9.17) is 11.0 Å². The number of amides is 2. The summed E-state index contributed by atoms with van der Waals surface area (Å²) in [4.78, 5) is 27.9. The highest BCUT2D eigenvalue weighted by Gasteiger charge is 2.18. The van der Waals surface area contributed by atoms with Crippen molar-refractivity contribution in [1.82, 2.24) is 0 Å². The highest BCUT2D eigenvalue weighted by Crippen LogP contribution is 2.30. The number of carbonyl (C=O) groups is 2. The van der Waals surface area contributed by atoms with Crippen LogP contribution >= 0.6 is 0 Å². The van der Waals surface area contributed by atoms with Gasteiger partial charge in [0.15, 0.2) is 0 Å². The lowest BCUT2D eigenvalue weighted by atomic mass is 10.0. The molecule has 1 heterocycles. The minimum absolute atomic E-state index is 0.0788. The van der Waals surface area contributed by atoms with E-state index in [1.807, 2.05) is 0 Å². The van der Waals surface area contributed by atoms with Gasteiger partial charge in [-0.05, 0) is 35.9 Å². The van der Waals surface area contributed by atoms with Gasteiger partial charge < -0.3 is 11.1 Å². The molecular formula is C17H12N4O2. The first-order chi connectivity index (χ1) is 11.1. The first-order valence-electron chi connectivity index (χ1n) is 6.88. The Labute approximate surface area is 132 Å². The van der Waals surface area contributed by atoms with Crippen molar-refractivity contribution in [1.29, 1.82) is 5.26 Å². The van der Waals surface area contributed by atoms with Crippen LogP contribution in [0, 0.1) is 11.3 Å². The van der Waals surface area contributed by atoms with Crippen LogP contribution in [0.2, 0.25) is 0 Å². The Balaban J connectivity index is 2.10. The third-order valence-corrected chi connectivity index (χ3v) is 3.46. The molecule has 2 aromatic rings. The molecule has 1 aliphatic heterocycles. The van der Waals surface area contributed by atoms with Crippen molar-refractivity contribution in [3.05, 3.63) is 59.2 Å². The lowest BCUT2D eigenvalue weighted by molar-refractivity contribution is -0.115. The quantitative estimate of drug-likeness (QED) is 0.886. The molecule has 23 heavy (non-hydrogen) atoms. The summed E-state index contributed by atoms with van der Waals surface area (Å²) in [6.07, 6.45) is 0.0788. The van der Waals surface area contributed by atoms with Crippen molar-refractivity contribution in [2.45, 2.75) is 6.42 Å². The van der Waals surface area contributed by atoms with Crippen molar-refractivity contribution in [3.63, 3.8) is 0 Å². The fourth-order valence-electron chi connectivity index (χ4n) is 2.35. The van der Waals surface area contributed by atoms with Gasteiger partial charge in [0, 0.05) is 5.56 Å². The van der Waals surface area contributed by atoms with Gasteiger partial charge in [-0.1, -0.05) is 12.1 Å². The lowest BCUT2D eigenvalue weighted by Gasteiger charge is -2.05. The molecule has 0 bridgehead atoms. The maximum atomic E-state index is 12.1. The van der Waals surface area contributed by atoms with Gasteiger partial charge in [-0.2, -0.15) is 5.26 Å². The number of nitrogens with two attached hydrogens (primary N) is 1. The van der Waals surface area contributed by atoms with Crippen LogP contribution in [0.15, 0.2) is 47.5 Å². The van der Waals surface area contributed by atoms with Gasteiger partial charge in [-0.3, -0.25) is 14.6 Å². The third kappa shape index (κ3) is 2.94. The molecule has 0 fully saturated rings. The summed E-state index contributed by atoms with van der Waals surface area (Å²) >= 11 is 0. The fraction of sp³-hybridized carbons (Fsp3) is 0.0588. The average molecular weight is 304 g/mol. The minimum Gasteiger partial charge on any atom is -0.366 e. The van der Waals surface area contributed by atoms with Crippen molar-refractivity contribution in [2.75, 3.05) is 5.32 Å². The molecule has 112 valence electrons. The van der Waals surface area contributed by atoms with Crippen LogP contribution in [0.3, 0.4) is 0 Å². The smallest absolute Gasteiger partial charge is 0.248 e. The highest BCUT2D eigenvalue weighted by molar-refractivity contribution is 6.17. The second-order valence-electron chi connectivity index (χ2n) is 5.07.